The first-order valence-corrected chi connectivity index (χ1v) is 7.62. The van der Waals surface area contributed by atoms with E-state index in [-0.39, 0.29) is 11.9 Å². The third-order valence-electron chi connectivity index (χ3n) is 3.98. The summed E-state index contributed by atoms with van der Waals surface area (Å²) in [5.41, 5.74) is 0.923. The average Bonchev–Trinajstić information content (AvgIpc) is 2.90. The number of ether oxygens (including phenoxy) is 1. The van der Waals surface area contributed by atoms with Crippen molar-refractivity contribution in [3.05, 3.63) is 36.1 Å². The van der Waals surface area contributed by atoms with E-state index in [1.54, 1.807) is 0 Å². The molecule has 0 radical (unpaired) electrons. The smallest absolute Gasteiger partial charge is 0.310 e. The summed E-state index contributed by atoms with van der Waals surface area (Å²) in [5.74, 6) is 0.899. The first kappa shape index (κ1) is 14.1. The zero-order valence-corrected chi connectivity index (χ0v) is 12.4. The maximum atomic E-state index is 11.9. The van der Waals surface area contributed by atoms with Gasteiger partial charge in [-0.3, -0.25) is 9.69 Å². The molecule has 1 saturated heterocycles. The topological polar surface area (TPSA) is 42.7 Å². The minimum atomic E-state index is -0.0631. The van der Waals surface area contributed by atoms with Gasteiger partial charge in [0.2, 0.25) is 0 Å². The van der Waals surface area contributed by atoms with Crippen molar-refractivity contribution >= 4 is 16.9 Å². The highest BCUT2D eigenvalue weighted by Gasteiger charge is 2.27. The van der Waals surface area contributed by atoms with Gasteiger partial charge in [0.05, 0.1) is 19.1 Å². The lowest BCUT2D eigenvalue weighted by Crippen LogP contribution is -2.38. The van der Waals surface area contributed by atoms with Crippen molar-refractivity contribution in [2.45, 2.75) is 26.3 Å². The van der Waals surface area contributed by atoms with E-state index in [4.69, 9.17) is 9.15 Å². The van der Waals surface area contributed by atoms with Crippen LogP contribution in [0.1, 0.15) is 25.5 Å². The van der Waals surface area contributed by atoms with Gasteiger partial charge in [-0.2, -0.15) is 0 Å². The summed E-state index contributed by atoms with van der Waals surface area (Å²) in [7, 11) is 0. The predicted molar refractivity (Wildman–Crippen MR) is 80.8 cm³/mol. The number of hydrogen-bond acceptors (Lipinski definition) is 4. The second-order valence-electron chi connectivity index (χ2n) is 5.58. The van der Waals surface area contributed by atoms with Gasteiger partial charge in [-0.25, -0.2) is 0 Å². The molecular formula is C17H21NO3. The maximum Gasteiger partial charge on any atom is 0.310 e. The zero-order valence-electron chi connectivity index (χ0n) is 12.4. The number of benzene rings is 1. The van der Waals surface area contributed by atoms with Gasteiger partial charge in [-0.15, -0.1) is 0 Å². The Hall–Kier alpha value is -1.81. The molecule has 3 rings (SSSR count). The number of hydrogen-bond donors (Lipinski definition) is 0. The normalized spacial score (nSPS) is 19.8. The van der Waals surface area contributed by atoms with E-state index >= 15 is 0 Å². The highest BCUT2D eigenvalue weighted by molar-refractivity contribution is 5.77. The van der Waals surface area contributed by atoms with Gasteiger partial charge in [-0.05, 0) is 38.4 Å². The summed E-state index contributed by atoms with van der Waals surface area (Å²) >= 11 is 0. The molecule has 1 aromatic heterocycles. The fourth-order valence-corrected chi connectivity index (χ4v) is 2.99. The van der Waals surface area contributed by atoms with Gasteiger partial charge in [0, 0.05) is 11.9 Å². The molecule has 2 heterocycles. The van der Waals surface area contributed by atoms with Crippen LogP contribution in [0.5, 0.6) is 0 Å². The van der Waals surface area contributed by atoms with Crippen LogP contribution >= 0.6 is 0 Å². The van der Waals surface area contributed by atoms with Gasteiger partial charge in [0.15, 0.2) is 0 Å². The third kappa shape index (κ3) is 3.27. The Bertz CT molecular complexity index is 586. The monoisotopic (exact) mass is 287 g/mol. The van der Waals surface area contributed by atoms with Crippen LogP contribution in [0.15, 0.2) is 34.7 Å². The molecule has 1 unspecified atom stereocenters. The van der Waals surface area contributed by atoms with Crippen molar-refractivity contribution in [2.24, 2.45) is 5.92 Å². The molecule has 0 N–H and O–H groups in total. The lowest BCUT2D eigenvalue weighted by atomic mass is 9.98. The summed E-state index contributed by atoms with van der Waals surface area (Å²) < 4.78 is 11.0. The number of carbonyl (C=O) groups is 1. The Kier molecular flexibility index (Phi) is 4.25. The van der Waals surface area contributed by atoms with Crippen LogP contribution in [-0.4, -0.2) is 30.6 Å². The first-order chi connectivity index (χ1) is 10.3. The van der Waals surface area contributed by atoms with Crippen molar-refractivity contribution in [2.75, 3.05) is 19.7 Å². The molecule has 2 aromatic rings. The Morgan fingerprint density at radius 3 is 3.10 bits per heavy atom. The number of furan rings is 1. The van der Waals surface area contributed by atoms with Gasteiger partial charge in [-0.1, -0.05) is 18.2 Å². The number of piperidine rings is 1. The second-order valence-corrected chi connectivity index (χ2v) is 5.58. The number of nitrogens with zero attached hydrogens (tertiary/aromatic N) is 1. The lowest BCUT2D eigenvalue weighted by Gasteiger charge is -2.30. The van der Waals surface area contributed by atoms with Crippen molar-refractivity contribution in [1.29, 1.82) is 0 Å². The average molecular weight is 287 g/mol. The molecule has 0 spiro atoms. The van der Waals surface area contributed by atoms with Gasteiger partial charge in [0.25, 0.3) is 0 Å². The van der Waals surface area contributed by atoms with Crippen LogP contribution in [-0.2, 0) is 16.1 Å². The molecule has 1 atom stereocenters. The summed E-state index contributed by atoms with van der Waals surface area (Å²) in [6.07, 6.45) is 1.96. The SMILES string of the molecule is CCOC(=O)C1CCCN(Cc2cc3ccccc3o2)C1. The number of fused-ring (bicyclic) bond motifs is 1. The minimum Gasteiger partial charge on any atom is -0.466 e. The van der Waals surface area contributed by atoms with E-state index in [1.807, 2.05) is 25.1 Å². The van der Waals surface area contributed by atoms with E-state index in [0.29, 0.717) is 6.61 Å². The van der Waals surface area contributed by atoms with Gasteiger partial charge >= 0.3 is 5.97 Å². The quantitative estimate of drug-likeness (QED) is 0.810. The van der Waals surface area contributed by atoms with Crippen molar-refractivity contribution in [3.63, 3.8) is 0 Å². The lowest BCUT2D eigenvalue weighted by molar-refractivity contribution is -0.150. The molecule has 21 heavy (non-hydrogen) atoms. The highest BCUT2D eigenvalue weighted by Crippen LogP contribution is 2.23. The molecule has 0 saturated carbocycles. The van der Waals surface area contributed by atoms with Crippen LogP contribution in [0.3, 0.4) is 0 Å². The Labute approximate surface area is 124 Å². The zero-order chi connectivity index (χ0) is 14.7. The number of para-hydroxylation sites is 1. The van der Waals surface area contributed by atoms with Crippen LogP contribution < -0.4 is 0 Å². The number of rotatable bonds is 4. The van der Waals surface area contributed by atoms with Crippen LogP contribution in [0.2, 0.25) is 0 Å². The number of likely N-dealkylation sites (tertiary alicyclic amines) is 1. The van der Waals surface area contributed by atoms with E-state index in [9.17, 15) is 4.79 Å². The molecular weight excluding hydrogens is 266 g/mol. The fraction of sp³-hybridized carbons (Fsp3) is 0.471. The molecule has 0 bridgehead atoms. The predicted octanol–water partition coefficient (Wildman–Crippen LogP) is 3.21. The Balaban J connectivity index is 1.65. The first-order valence-electron chi connectivity index (χ1n) is 7.62. The largest absolute Gasteiger partial charge is 0.466 e. The molecule has 0 aliphatic carbocycles. The Morgan fingerprint density at radius 1 is 1.43 bits per heavy atom. The minimum absolute atomic E-state index is 0.00285. The van der Waals surface area contributed by atoms with Gasteiger partial charge in [0.1, 0.15) is 11.3 Å². The van der Waals surface area contributed by atoms with E-state index in [2.05, 4.69) is 17.0 Å². The molecule has 112 valence electrons. The molecule has 4 nitrogen and oxygen atoms in total. The molecule has 1 fully saturated rings. The second kappa shape index (κ2) is 6.31. The summed E-state index contributed by atoms with van der Waals surface area (Å²) in [5, 5.41) is 1.13. The number of carbonyl (C=O) groups excluding carboxylic acids is 1. The maximum absolute atomic E-state index is 11.9. The van der Waals surface area contributed by atoms with E-state index in [0.717, 1.165) is 49.2 Å². The summed E-state index contributed by atoms with van der Waals surface area (Å²) in [4.78, 5) is 14.1. The van der Waals surface area contributed by atoms with E-state index < -0.39 is 0 Å². The fourth-order valence-electron chi connectivity index (χ4n) is 2.99. The van der Waals surface area contributed by atoms with Crippen LogP contribution in [0.4, 0.5) is 0 Å². The van der Waals surface area contributed by atoms with Crippen molar-refractivity contribution in [1.82, 2.24) is 4.90 Å². The van der Waals surface area contributed by atoms with Gasteiger partial charge < -0.3 is 9.15 Å². The number of esters is 1. The summed E-state index contributed by atoms with van der Waals surface area (Å²) in [6, 6.07) is 10.1. The van der Waals surface area contributed by atoms with Crippen molar-refractivity contribution < 1.29 is 13.9 Å². The highest BCUT2D eigenvalue weighted by atomic mass is 16.5. The van der Waals surface area contributed by atoms with Crippen LogP contribution in [0.25, 0.3) is 11.0 Å². The standard InChI is InChI=1S/C17H21NO3/c1-2-20-17(19)14-7-5-9-18(11-14)12-15-10-13-6-3-4-8-16(13)21-15/h3-4,6,8,10,14H,2,5,7,9,11-12H2,1H3. The molecule has 1 aromatic carbocycles. The molecule has 1 aliphatic heterocycles. The van der Waals surface area contributed by atoms with Crippen molar-refractivity contribution in [3.8, 4) is 0 Å². The Morgan fingerprint density at radius 2 is 2.29 bits per heavy atom. The van der Waals surface area contributed by atoms with E-state index in [1.165, 1.54) is 0 Å². The summed E-state index contributed by atoms with van der Waals surface area (Å²) in [6.45, 7) is 4.83. The molecule has 0 amide bonds. The molecule has 1 aliphatic rings. The van der Waals surface area contributed by atoms with Crippen LogP contribution in [0, 0.1) is 5.92 Å². The molecule has 4 heteroatoms. The third-order valence-corrected chi connectivity index (χ3v) is 3.98.